The number of hydrazine groups is 1. The van der Waals surface area contributed by atoms with E-state index in [2.05, 4.69) is 10.4 Å². The Kier molecular flexibility index (Phi) is 2.80. The minimum absolute atomic E-state index is 0.146. The summed E-state index contributed by atoms with van der Waals surface area (Å²) in [5, 5.41) is 0. The number of pyridine rings is 1. The van der Waals surface area contributed by atoms with Gasteiger partial charge in [0.05, 0.1) is 6.26 Å². The third-order valence-electron chi connectivity index (χ3n) is 2.22. The smallest absolute Gasteiger partial charge is 0.126 e. The molecule has 2 heterocycles. The third-order valence-corrected chi connectivity index (χ3v) is 2.22. The first-order valence-electron chi connectivity index (χ1n) is 4.72. The van der Waals surface area contributed by atoms with E-state index in [4.69, 9.17) is 10.3 Å². The molecular weight excluding hydrogens is 190 g/mol. The Morgan fingerprint density at radius 2 is 2.33 bits per heavy atom. The first-order valence-corrected chi connectivity index (χ1v) is 4.72. The van der Waals surface area contributed by atoms with Gasteiger partial charge in [0.2, 0.25) is 0 Å². The number of furan rings is 1. The van der Waals surface area contributed by atoms with E-state index in [1.54, 1.807) is 18.7 Å². The maximum atomic E-state index is 5.51. The molecule has 4 heteroatoms. The van der Waals surface area contributed by atoms with Crippen molar-refractivity contribution < 1.29 is 4.42 Å². The Hall–Kier alpha value is -1.65. The van der Waals surface area contributed by atoms with Crippen molar-refractivity contribution in [3.05, 3.63) is 53.7 Å². The Balaban J connectivity index is 2.35. The normalized spacial score (nSPS) is 12.7. The van der Waals surface area contributed by atoms with Crippen LogP contribution in [0.2, 0.25) is 0 Å². The molecule has 0 radical (unpaired) electrons. The molecule has 1 atom stereocenters. The van der Waals surface area contributed by atoms with Crippen molar-refractivity contribution in [2.24, 2.45) is 5.84 Å². The average molecular weight is 203 g/mol. The number of hydrogen-bond acceptors (Lipinski definition) is 4. The van der Waals surface area contributed by atoms with Gasteiger partial charge >= 0.3 is 0 Å². The van der Waals surface area contributed by atoms with Crippen LogP contribution in [-0.2, 0) is 0 Å². The van der Waals surface area contributed by atoms with Crippen molar-refractivity contribution in [1.29, 1.82) is 0 Å². The monoisotopic (exact) mass is 203 g/mol. The highest BCUT2D eigenvalue weighted by molar-refractivity contribution is 5.26. The Morgan fingerprint density at radius 1 is 1.47 bits per heavy atom. The fourth-order valence-electron chi connectivity index (χ4n) is 1.53. The van der Waals surface area contributed by atoms with E-state index < -0.39 is 0 Å². The molecule has 2 rings (SSSR count). The van der Waals surface area contributed by atoms with Gasteiger partial charge in [-0.3, -0.25) is 10.8 Å². The SMILES string of the molecule is Cc1cncc(C(NN)c2ccco2)c1. The van der Waals surface area contributed by atoms with E-state index in [-0.39, 0.29) is 6.04 Å². The standard InChI is InChI=1S/C11H13N3O/c1-8-5-9(7-13-6-8)11(14-12)10-3-2-4-15-10/h2-7,11,14H,12H2,1H3. The predicted molar refractivity (Wildman–Crippen MR) is 56.8 cm³/mol. The van der Waals surface area contributed by atoms with E-state index in [0.29, 0.717) is 0 Å². The van der Waals surface area contributed by atoms with E-state index in [0.717, 1.165) is 16.9 Å². The minimum atomic E-state index is -0.146. The molecule has 0 fully saturated rings. The number of hydrogen-bond donors (Lipinski definition) is 2. The van der Waals surface area contributed by atoms with Crippen molar-refractivity contribution >= 4 is 0 Å². The first-order chi connectivity index (χ1) is 7.31. The van der Waals surface area contributed by atoms with Crippen molar-refractivity contribution in [3.8, 4) is 0 Å². The Bertz CT molecular complexity index is 425. The second-order valence-corrected chi connectivity index (χ2v) is 3.41. The van der Waals surface area contributed by atoms with Crippen molar-refractivity contribution in [2.75, 3.05) is 0 Å². The zero-order chi connectivity index (χ0) is 10.7. The number of nitrogens with one attached hydrogen (secondary N) is 1. The van der Waals surface area contributed by atoms with Gasteiger partial charge in [0.25, 0.3) is 0 Å². The van der Waals surface area contributed by atoms with Crippen molar-refractivity contribution in [2.45, 2.75) is 13.0 Å². The molecule has 0 amide bonds. The summed E-state index contributed by atoms with van der Waals surface area (Å²) >= 11 is 0. The second kappa shape index (κ2) is 4.25. The van der Waals surface area contributed by atoms with Gasteiger partial charge in [0.15, 0.2) is 0 Å². The Morgan fingerprint density at radius 3 is 2.93 bits per heavy atom. The fourth-order valence-corrected chi connectivity index (χ4v) is 1.53. The van der Waals surface area contributed by atoms with Crippen LogP contribution in [0.25, 0.3) is 0 Å². The van der Waals surface area contributed by atoms with Crippen molar-refractivity contribution in [3.63, 3.8) is 0 Å². The number of aromatic nitrogens is 1. The highest BCUT2D eigenvalue weighted by Gasteiger charge is 2.15. The summed E-state index contributed by atoms with van der Waals surface area (Å²) < 4.78 is 5.31. The van der Waals surface area contributed by atoms with Gasteiger partial charge in [-0.25, -0.2) is 5.43 Å². The number of aryl methyl sites for hydroxylation is 1. The van der Waals surface area contributed by atoms with Crippen molar-refractivity contribution in [1.82, 2.24) is 10.4 Å². The summed E-state index contributed by atoms with van der Waals surface area (Å²) in [6, 6.07) is 5.60. The molecule has 0 saturated carbocycles. The molecule has 0 saturated heterocycles. The van der Waals surface area contributed by atoms with Crippen LogP contribution < -0.4 is 11.3 Å². The van der Waals surface area contributed by atoms with Crippen LogP contribution in [0, 0.1) is 6.92 Å². The molecule has 0 aliphatic carbocycles. The van der Waals surface area contributed by atoms with Crippen LogP contribution >= 0.6 is 0 Å². The van der Waals surface area contributed by atoms with Crippen LogP contribution in [0.4, 0.5) is 0 Å². The van der Waals surface area contributed by atoms with Gasteiger partial charge < -0.3 is 4.42 Å². The molecule has 2 aromatic rings. The number of nitrogens with two attached hydrogens (primary N) is 1. The van der Waals surface area contributed by atoms with Gasteiger partial charge in [0.1, 0.15) is 11.8 Å². The molecule has 4 nitrogen and oxygen atoms in total. The third kappa shape index (κ3) is 2.06. The van der Waals surface area contributed by atoms with E-state index >= 15 is 0 Å². The lowest BCUT2D eigenvalue weighted by Gasteiger charge is -2.13. The van der Waals surface area contributed by atoms with Crippen LogP contribution in [0.3, 0.4) is 0 Å². The fraction of sp³-hybridized carbons (Fsp3) is 0.182. The molecule has 78 valence electrons. The Labute approximate surface area is 88.1 Å². The molecule has 0 aliphatic rings. The summed E-state index contributed by atoms with van der Waals surface area (Å²) in [5.41, 5.74) is 4.80. The molecule has 0 aliphatic heterocycles. The largest absolute Gasteiger partial charge is 0.467 e. The lowest BCUT2D eigenvalue weighted by atomic mass is 10.1. The summed E-state index contributed by atoms with van der Waals surface area (Å²) in [6.07, 6.45) is 5.21. The summed E-state index contributed by atoms with van der Waals surface area (Å²) in [4.78, 5) is 4.13. The van der Waals surface area contributed by atoms with Gasteiger partial charge in [-0.15, -0.1) is 0 Å². The molecule has 15 heavy (non-hydrogen) atoms. The molecule has 0 aromatic carbocycles. The molecule has 1 unspecified atom stereocenters. The maximum absolute atomic E-state index is 5.51. The van der Waals surface area contributed by atoms with Gasteiger partial charge in [-0.1, -0.05) is 6.07 Å². The summed E-state index contributed by atoms with van der Waals surface area (Å²) in [7, 11) is 0. The quantitative estimate of drug-likeness (QED) is 0.586. The topological polar surface area (TPSA) is 64.1 Å². The van der Waals surface area contributed by atoms with Crippen LogP contribution in [0.5, 0.6) is 0 Å². The van der Waals surface area contributed by atoms with E-state index in [1.165, 1.54) is 0 Å². The number of nitrogens with zero attached hydrogens (tertiary/aromatic N) is 1. The highest BCUT2D eigenvalue weighted by atomic mass is 16.3. The van der Waals surface area contributed by atoms with Crippen LogP contribution in [-0.4, -0.2) is 4.98 Å². The second-order valence-electron chi connectivity index (χ2n) is 3.41. The summed E-state index contributed by atoms with van der Waals surface area (Å²) in [5.74, 6) is 6.29. The molecule has 0 spiro atoms. The maximum Gasteiger partial charge on any atom is 0.126 e. The minimum Gasteiger partial charge on any atom is -0.467 e. The van der Waals surface area contributed by atoms with Crippen LogP contribution in [0.15, 0.2) is 41.3 Å². The van der Waals surface area contributed by atoms with Crippen LogP contribution in [0.1, 0.15) is 22.9 Å². The molecule has 0 bridgehead atoms. The molecule has 2 aromatic heterocycles. The van der Waals surface area contributed by atoms with E-state index in [9.17, 15) is 0 Å². The molecule has 3 N–H and O–H groups in total. The lowest BCUT2D eigenvalue weighted by molar-refractivity contribution is 0.451. The van der Waals surface area contributed by atoms with Gasteiger partial charge in [0, 0.05) is 12.4 Å². The average Bonchev–Trinajstić information content (AvgIpc) is 2.72. The summed E-state index contributed by atoms with van der Waals surface area (Å²) in [6.45, 7) is 1.99. The predicted octanol–water partition coefficient (Wildman–Crippen LogP) is 1.54. The lowest BCUT2D eigenvalue weighted by Crippen LogP contribution is -2.28. The molecular formula is C11H13N3O. The highest BCUT2D eigenvalue weighted by Crippen LogP contribution is 2.21. The zero-order valence-corrected chi connectivity index (χ0v) is 8.47. The van der Waals surface area contributed by atoms with Gasteiger partial charge in [-0.2, -0.15) is 0 Å². The number of rotatable bonds is 3. The van der Waals surface area contributed by atoms with E-state index in [1.807, 2.05) is 25.1 Å². The first kappa shape index (κ1) is 9.89. The zero-order valence-electron chi connectivity index (χ0n) is 8.47. The van der Waals surface area contributed by atoms with Gasteiger partial charge in [-0.05, 0) is 30.2 Å².